The Morgan fingerprint density at radius 3 is 2.94 bits per heavy atom. The second-order valence-electron chi connectivity index (χ2n) is 4.94. The van der Waals surface area contributed by atoms with E-state index in [-0.39, 0.29) is 0 Å². The van der Waals surface area contributed by atoms with E-state index in [4.69, 9.17) is 4.74 Å². The number of hydrogen-bond donors (Lipinski definition) is 1. The van der Waals surface area contributed by atoms with Gasteiger partial charge in [0.2, 0.25) is 0 Å². The van der Waals surface area contributed by atoms with E-state index in [1.807, 2.05) is 11.3 Å². The minimum absolute atomic E-state index is 0.479. The Balaban J connectivity index is 1.77. The summed E-state index contributed by atoms with van der Waals surface area (Å²) in [6, 6.07) is 2.30. The molecule has 96 valence electrons. The summed E-state index contributed by atoms with van der Waals surface area (Å²) in [5.74, 6) is 0.708. The molecule has 2 rings (SSSR count). The first kappa shape index (κ1) is 13.1. The van der Waals surface area contributed by atoms with Gasteiger partial charge in [0.05, 0.1) is 6.10 Å². The highest BCUT2D eigenvalue weighted by molar-refractivity contribution is 7.12. The SMILES string of the molecule is CCC1OCCC1CNCc1cc(C)sc1C. The molecule has 1 aromatic rings. The summed E-state index contributed by atoms with van der Waals surface area (Å²) in [6.07, 6.45) is 2.84. The van der Waals surface area contributed by atoms with E-state index in [0.29, 0.717) is 12.0 Å². The molecule has 0 bridgehead atoms. The lowest BCUT2D eigenvalue weighted by Crippen LogP contribution is -2.27. The number of hydrogen-bond acceptors (Lipinski definition) is 3. The van der Waals surface area contributed by atoms with E-state index in [1.165, 1.54) is 21.7 Å². The largest absolute Gasteiger partial charge is 0.378 e. The summed E-state index contributed by atoms with van der Waals surface area (Å²) in [5.41, 5.74) is 1.46. The minimum atomic E-state index is 0.479. The molecule has 0 spiro atoms. The second-order valence-corrected chi connectivity index (χ2v) is 6.40. The lowest BCUT2D eigenvalue weighted by molar-refractivity contribution is 0.0872. The van der Waals surface area contributed by atoms with Gasteiger partial charge in [-0.25, -0.2) is 0 Å². The van der Waals surface area contributed by atoms with Gasteiger partial charge in [0, 0.05) is 29.5 Å². The van der Waals surface area contributed by atoms with Crippen molar-refractivity contribution in [2.24, 2.45) is 5.92 Å². The summed E-state index contributed by atoms with van der Waals surface area (Å²) in [5, 5.41) is 3.59. The Kier molecular flexibility index (Phi) is 4.60. The highest BCUT2D eigenvalue weighted by Gasteiger charge is 2.25. The molecule has 2 atom stereocenters. The fourth-order valence-electron chi connectivity index (χ4n) is 2.63. The molecule has 1 N–H and O–H groups in total. The van der Waals surface area contributed by atoms with Crippen molar-refractivity contribution in [1.29, 1.82) is 0 Å². The first-order valence-corrected chi connectivity index (χ1v) is 7.40. The smallest absolute Gasteiger partial charge is 0.0613 e. The van der Waals surface area contributed by atoms with Crippen molar-refractivity contribution in [3.05, 3.63) is 21.4 Å². The van der Waals surface area contributed by atoms with Gasteiger partial charge < -0.3 is 10.1 Å². The van der Waals surface area contributed by atoms with Gasteiger partial charge in [-0.2, -0.15) is 0 Å². The van der Waals surface area contributed by atoms with Crippen molar-refractivity contribution in [1.82, 2.24) is 5.32 Å². The topological polar surface area (TPSA) is 21.3 Å². The normalized spacial score (nSPS) is 24.4. The van der Waals surface area contributed by atoms with E-state index in [1.54, 1.807) is 0 Å². The predicted molar refractivity (Wildman–Crippen MR) is 73.6 cm³/mol. The summed E-state index contributed by atoms with van der Waals surface area (Å²) >= 11 is 1.89. The van der Waals surface area contributed by atoms with E-state index in [2.05, 4.69) is 32.2 Å². The molecule has 0 aromatic carbocycles. The van der Waals surface area contributed by atoms with Gasteiger partial charge >= 0.3 is 0 Å². The molecule has 2 unspecified atom stereocenters. The van der Waals surface area contributed by atoms with E-state index < -0.39 is 0 Å². The Morgan fingerprint density at radius 2 is 2.29 bits per heavy atom. The highest BCUT2D eigenvalue weighted by Crippen LogP contribution is 2.23. The van der Waals surface area contributed by atoms with Crippen LogP contribution < -0.4 is 5.32 Å². The molecule has 17 heavy (non-hydrogen) atoms. The van der Waals surface area contributed by atoms with Gasteiger partial charge in [0.1, 0.15) is 0 Å². The Hall–Kier alpha value is -0.380. The van der Waals surface area contributed by atoms with Crippen molar-refractivity contribution in [3.63, 3.8) is 0 Å². The quantitative estimate of drug-likeness (QED) is 0.869. The molecule has 1 saturated heterocycles. The molecule has 0 radical (unpaired) electrons. The maximum Gasteiger partial charge on any atom is 0.0613 e. The predicted octanol–water partition coefficient (Wildman–Crippen LogP) is 3.27. The molecule has 1 aliphatic heterocycles. The van der Waals surface area contributed by atoms with Gasteiger partial charge in [-0.1, -0.05) is 6.92 Å². The molecule has 2 heterocycles. The molecule has 1 aromatic heterocycles. The number of rotatable bonds is 5. The molecular formula is C14H23NOS. The summed E-state index contributed by atoms with van der Waals surface area (Å²) in [7, 11) is 0. The van der Waals surface area contributed by atoms with E-state index in [0.717, 1.165) is 26.1 Å². The van der Waals surface area contributed by atoms with Crippen molar-refractivity contribution in [2.45, 2.75) is 46.3 Å². The maximum atomic E-state index is 5.71. The van der Waals surface area contributed by atoms with Gasteiger partial charge in [0.15, 0.2) is 0 Å². The van der Waals surface area contributed by atoms with Gasteiger partial charge in [-0.05, 0) is 44.2 Å². The standard InChI is InChI=1S/C14H23NOS/c1-4-14-12(5-6-16-14)8-15-9-13-7-10(2)17-11(13)3/h7,12,14-15H,4-6,8-9H2,1-3H3. The number of ether oxygens (including phenoxy) is 1. The number of thiophene rings is 1. The van der Waals surface area contributed by atoms with E-state index >= 15 is 0 Å². The summed E-state index contributed by atoms with van der Waals surface area (Å²) in [4.78, 5) is 2.86. The Bertz CT molecular complexity index is 361. The average Bonchev–Trinajstić information content (AvgIpc) is 2.86. The maximum absolute atomic E-state index is 5.71. The van der Waals surface area contributed by atoms with Crippen molar-refractivity contribution < 1.29 is 4.74 Å². The van der Waals surface area contributed by atoms with Crippen LogP contribution in [0.2, 0.25) is 0 Å². The summed E-state index contributed by atoms with van der Waals surface area (Å²) < 4.78 is 5.71. The van der Waals surface area contributed by atoms with Crippen LogP contribution in [0, 0.1) is 19.8 Å². The fourth-order valence-corrected chi connectivity index (χ4v) is 3.58. The molecule has 3 heteroatoms. The minimum Gasteiger partial charge on any atom is -0.378 e. The molecule has 0 amide bonds. The Labute approximate surface area is 108 Å². The van der Waals surface area contributed by atoms with Gasteiger partial charge in [-0.15, -0.1) is 11.3 Å². The zero-order valence-corrected chi connectivity index (χ0v) is 11.9. The zero-order chi connectivity index (χ0) is 12.3. The molecule has 1 fully saturated rings. The number of nitrogens with one attached hydrogen (secondary N) is 1. The first-order valence-electron chi connectivity index (χ1n) is 6.59. The number of aryl methyl sites for hydroxylation is 2. The summed E-state index contributed by atoms with van der Waals surface area (Å²) in [6.45, 7) is 9.65. The van der Waals surface area contributed by atoms with Crippen LogP contribution in [-0.2, 0) is 11.3 Å². The van der Waals surface area contributed by atoms with Crippen molar-refractivity contribution in [2.75, 3.05) is 13.2 Å². The van der Waals surface area contributed by atoms with Crippen molar-refractivity contribution >= 4 is 11.3 Å². The zero-order valence-electron chi connectivity index (χ0n) is 11.1. The van der Waals surface area contributed by atoms with Crippen molar-refractivity contribution in [3.8, 4) is 0 Å². The average molecular weight is 253 g/mol. The molecule has 2 nitrogen and oxygen atoms in total. The van der Waals surface area contributed by atoms with Crippen LogP contribution in [0.4, 0.5) is 0 Å². The monoisotopic (exact) mass is 253 g/mol. The van der Waals surface area contributed by atoms with Crippen LogP contribution in [0.1, 0.15) is 35.1 Å². The molecule has 1 aliphatic rings. The third-order valence-corrected chi connectivity index (χ3v) is 4.62. The third kappa shape index (κ3) is 3.30. The molecule has 0 aliphatic carbocycles. The van der Waals surface area contributed by atoms with Crippen LogP contribution in [0.15, 0.2) is 6.07 Å². The highest BCUT2D eigenvalue weighted by atomic mass is 32.1. The van der Waals surface area contributed by atoms with Gasteiger partial charge in [0.25, 0.3) is 0 Å². The second kappa shape index (κ2) is 5.98. The fraction of sp³-hybridized carbons (Fsp3) is 0.714. The third-order valence-electron chi connectivity index (χ3n) is 3.61. The Morgan fingerprint density at radius 1 is 1.47 bits per heavy atom. The van der Waals surface area contributed by atoms with Crippen LogP contribution in [0.25, 0.3) is 0 Å². The van der Waals surface area contributed by atoms with Crippen LogP contribution in [0.5, 0.6) is 0 Å². The van der Waals surface area contributed by atoms with Crippen LogP contribution in [-0.4, -0.2) is 19.3 Å². The molecule has 0 saturated carbocycles. The van der Waals surface area contributed by atoms with E-state index in [9.17, 15) is 0 Å². The lowest BCUT2D eigenvalue weighted by atomic mass is 9.99. The van der Waals surface area contributed by atoms with Crippen LogP contribution >= 0.6 is 11.3 Å². The molecular weight excluding hydrogens is 230 g/mol. The lowest BCUT2D eigenvalue weighted by Gasteiger charge is -2.17. The van der Waals surface area contributed by atoms with Crippen LogP contribution in [0.3, 0.4) is 0 Å². The first-order chi connectivity index (χ1) is 8.20. The van der Waals surface area contributed by atoms with Gasteiger partial charge in [-0.3, -0.25) is 0 Å².